The molecular weight excluding hydrogens is 278 g/mol. The third kappa shape index (κ3) is 2.40. The third-order valence-electron chi connectivity index (χ3n) is 2.48. The van der Waals surface area contributed by atoms with E-state index in [0.29, 0.717) is 5.69 Å². The lowest BCUT2D eigenvalue weighted by atomic mass is 10.2. The molecule has 0 unspecified atom stereocenters. The van der Waals surface area contributed by atoms with Crippen molar-refractivity contribution in [1.82, 2.24) is 19.6 Å². The van der Waals surface area contributed by atoms with Crippen molar-refractivity contribution in [2.75, 3.05) is 0 Å². The van der Waals surface area contributed by atoms with Gasteiger partial charge < -0.3 is 15.2 Å². The molecule has 0 aliphatic carbocycles. The molecular formula is C9H8ClN5O4. The molecule has 0 saturated heterocycles. The van der Waals surface area contributed by atoms with Crippen LogP contribution < -0.4 is 0 Å². The second-order valence-electron chi connectivity index (χ2n) is 3.69. The average molecular weight is 286 g/mol. The van der Waals surface area contributed by atoms with Gasteiger partial charge in [-0.15, -0.1) is 0 Å². The highest BCUT2D eigenvalue weighted by atomic mass is 35.5. The summed E-state index contributed by atoms with van der Waals surface area (Å²) in [7, 11) is 1.57. The minimum absolute atomic E-state index is 0.0109. The monoisotopic (exact) mass is 285 g/mol. The number of nitrogens with zero attached hydrogens (tertiary/aromatic N) is 5. The van der Waals surface area contributed by atoms with E-state index in [-0.39, 0.29) is 17.1 Å². The fraction of sp³-hybridized carbons (Fsp3) is 0.222. The summed E-state index contributed by atoms with van der Waals surface area (Å²) in [6.45, 7) is 0.0195. The van der Waals surface area contributed by atoms with Crippen LogP contribution in [0.5, 0.6) is 0 Å². The second kappa shape index (κ2) is 4.69. The van der Waals surface area contributed by atoms with Crippen LogP contribution in [0.2, 0.25) is 5.02 Å². The van der Waals surface area contributed by atoms with Crippen molar-refractivity contribution >= 4 is 23.4 Å². The molecule has 0 radical (unpaired) electrons. The second-order valence-corrected chi connectivity index (χ2v) is 4.10. The first kappa shape index (κ1) is 13.0. The van der Waals surface area contributed by atoms with Crippen LogP contribution in [0.25, 0.3) is 0 Å². The maximum atomic E-state index is 11.0. The van der Waals surface area contributed by atoms with Crippen molar-refractivity contribution in [2.45, 2.75) is 6.54 Å². The average Bonchev–Trinajstić information content (AvgIpc) is 2.84. The van der Waals surface area contributed by atoms with Crippen LogP contribution >= 0.6 is 11.6 Å². The highest BCUT2D eigenvalue weighted by Gasteiger charge is 2.22. The fourth-order valence-electron chi connectivity index (χ4n) is 1.57. The summed E-state index contributed by atoms with van der Waals surface area (Å²) in [6, 6.07) is 0. The van der Waals surface area contributed by atoms with E-state index in [1.165, 1.54) is 21.8 Å². The van der Waals surface area contributed by atoms with Crippen molar-refractivity contribution in [3.05, 3.63) is 38.8 Å². The van der Waals surface area contributed by atoms with Crippen LogP contribution in [0.15, 0.2) is 12.4 Å². The van der Waals surface area contributed by atoms with Crippen molar-refractivity contribution < 1.29 is 14.8 Å². The lowest BCUT2D eigenvalue weighted by Crippen LogP contribution is -2.10. The molecule has 2 aromatic rings. The molecule has 10 heteroatoms. The zero-order valence-corrected chi connectivity index (χ0v) is 10.4. The van der Waals surface area contributed by atoms with Crippen molar-refractivity contribution in [1.29, 1.82) is 0 Å². The standard InChI is InChI=1S/C9H8ClN5O4/c1-13-7(5(2-11-13)9(16)17)4-14-3-6(10)8(12-14)15(18)19/h2-3H,4H2,1H3,(H,16,17). The summed E-state index contributed by atoms with van der Waals surface area (Å²) in [5.41, 5.74) is 0.373. The number of aromatic carboxylic acids is 1. The Kier molecular flexibility index (Phi) is 3.21. The molecule has 100 valence electrons. The van der Waals surface area contributed by atoms with E-state index >= 15 is 0 Å². The Morgan fingerprint density at radius 2 is 2.32 bits per heavy atom. The molecule has 19 heavy (non-hydrogen) atoms. The maximum Gasteiger partial charge on any atom is 0.408 e. The number of nitro groups is 1. The predicted molar refractivity (Wildman–Crippen MR) is 63.2 cm³/mol. The summed E-state index contributed by atoms with van der Waals surface area (Å²) in [4.78, 5) is 20.9. The molecule has 1 N–H and O–H groups in total. The van der Waals surface area contributed by atoms with Crippen molar-refractivity contribution in [2.24, 2.45) is 7.05 Å². The topological polar surface area (TPSA) is 116 Å². The maximum absolute atomic E-state index is 11.0. The highest BCUT2D eigenvalue weighted by molar-refractivity contribution is 6.32. The zero-order valence-electron chi connectivity index (χ0n) is 9.65. The number of halogens is 1. The van der Waals surface area contributed by atoms with Crippen molar-refractivity contribution in [3.63, 3.8) is 0 Å². The van der Waals surface area contributed by atoms with Crippen LogP contribution in [0.4, 0.5) is 5.82 Å². The Balaban J connectivity index is 2.36. The number of rotatable bonds is 4. The molecule has 0 atom stereocenters. The van der Waals surface area contributed by atoms with Gasteiger partial charge in [-0.1, -0.05) is 11.6 Å². The Bertz CT molecular complexity index is 662. The molecule has 0 aliphatic rings. The largest absolute Gasteiger partial charge is 0.478 e. The van der Waals surface area contributed by atoms with Gasteiger partial charge in [0.1, 0.15) is 12.1 Å². The van der Waals surface area contributed by atoms with Crippen LogP contribution in [-0.2, 0) is 13.6 Å². The molecule has 0 aliphatic heterocycles. The number of hydrogen-bond donors (Lipinski definition) is 1. The summed E-state index contributed by atoms with van der Waals surface area (Å²) in [5, 5.41) is 27.0. The lowest BCUT2D eigenvalue weighted by Gasteiger charge is -2.01. The van der Waals surface area contributed by atoms with Crippen LogP contribution in [0.3, 0.4) is 0 Å². The van der Waals surface area contributed by atoms with Gasteiger partial charge in [0.05, 0.1) is 23.2 Å². The minimum atomic E-state index is -1.13. The molecule has 0 bridgehead atoms. The van der Waals surface area contributed by atoms with Gasteiger partial charge in [-0.05, 0) is 4.92 Å². The van der Waals surface area contributed by atoms with E-state index in [1.54, 1.807) is 7.05 Å². The van der Waals surface area contributed by atoms with Gasteiger partial charge >= 0.3 is 11.8 Å². The van der Waals surface area contributed by atoms with Gasteiger partial charge in [0.2, 0.25) is 0 Å². The predicted octanol–water partition coefficient (Wildman–Crippen LogP) is 0.925. The van der Waals surface area contributed by atoms with Crippen molar-refractivity contribution in [3.8, 4) is 0 Å². The quantitative estimate of drug-likeness (QED) is 0.659. The normalized spacial score (nSPS) is 10.6. The summed E-state index contributed by atoms with van der Waals surface area (Å²) < 4.78 is 2.56. The Labute approximate surface area is 111 Å². The first-order valence-electron chi connectivity index (χ1n) is 5.01. The van der Waals surface area contributed by atoms with E-state index in [9.17, 15) is 14.9 Å². The number of aromatic nitrogens is 4. The molecule has 2 aromatic heterocycles. The summed E-state index contributed by atoms with van der Waals surface area (Å²) in [5.74, 6) is -1.60. The molecule has 0 spiro atoms. The molecule has 0 amide bonds. The van der Waals surface area contributed by atoms with E-state index in [4.69, 9.17) is 16.7 Å². The van der Waals surface area contributed by atoms with Crippen LogP contribution in [-0.4, -0.2) is 35.6 Å². The number of hydrogen-bond acceptors (Lipinski definition) is 5. The highest BCUT2D eigenvalue weighted by Crippen LogP contribution is 2.22. The van der Waals surface area contributed by atoms with Gasteiger partial charge in [0.25, 0.3) is 0 Å². The van der Waals surface area contributed by atoms with E-state index in [2.05, 4.69) is 10.2 Å². The van der Waals surface area contributed by atoms with Gasteiger partial charge in [0, 0.05) is 7.05 Å². The number of aryl methyl sites for hydroxylation is 1. The molecule has 2 heterocycles. The van der Waals surface area contributed by atoms with E-state index in [1.807, 2.05) is 0 Å². The molecule has 0 fully saturated rings. The third-order valence-corrected chi connectivity index (χ3v) is 2.74. The Hall–Kier alpha value is -2.42. The molecule has 0 aromatic carbocycles. The van der Waals surface area contributed by atoms with Gasteiger partial charge in [-0.25, -0.2) is 4.79 Å². The zero-order chi connectivity index (χ0) is 14.2. The Morgan fingerprint density at radius 3 is 2.84 bits per heavy atom. The van der Waals surface area contributed by atoms with Gasteiger partial charge in [0.15, 0.2) is 5.02 Å². The SMILES string of the molecule is Cn1ncc(C(=O)O)c1Cn1cc(Cl)c([N+](=O)[O-])n1. The molecule has 9 nitrogen and oxygen atoms in total. The number of carboxylic acid groups (broad SMARTS) is 1. The molecule has 2 rings (SSSR count). The van der Waals surface area contributed by atoms with E-state index in [0.717, 1.165) is 0 Å². The Morgan fingerprint density at radius 1 is 1.63 bits per heavy atom. The lowest BCUT2D eigenvalue weighted by molar-refractivity contribution is -0.389. The fourth-order valence-corrected chi connectivity index (χ4v) is 1.79. The van der Waals surface area contributed by atoms with Crippen LogP contribution in [0, 0.1) is 10.1 Å². The van der Waals surface area contributed by atoms with Crippen LogP contribution in [0.1, 0.15) is 16.1 Å². The summed E-state index contributed by atoms with van der Waals surface area (Å²) >= 11 is 5.66. The number of carboxylic acids is 1. The van der Waals surface area contributed by atoms with Gasteiger partial charge in [-0.2, -0.15) is 9.78 Å². The van der Waals surface area contributed by atoms with Gasteiger partial charge in [-0.3, -0.25) is 4.68 Å². The number of carbonyl (C=O) groups is 1. The first-order chi connectivity index (χ1) is 8.90. The molecule has 0 saturated carbocycles. The minimum Gasteiger partial charge on any atom is -0.478 e. The first-order valence-corrected chi connectivity index (χ1v) is 5.39. The smallest absolute Gasteiger partial charge is 0.408 e. The summed E-state index contributed by atoms with van der Waals surface area (Å²) in [6.07, 6.45) is 2.47. The van der Waals surface area contributed by atoms with E-state index < -0.39 is 16.7 Å².